The zero-order valence-electron chi connectivity index (χ0n) is 12.5. The molecule has 0 aromatic heterocycles. The lowest BCUT2D eigenvalue weighted by Crippen LogP contribution is -2.08. The van der Waals surface area contributed by atoms with Crippen molar-refractivity contribution in [2.75, 3.05) is 5.32 Å². The lowest BCUT2D eigenvalue weighted by atomic mass is 9.99. The van der Waals surface area contributed by atoms with Crippen LogP contribution in [-0.4, -0.2) is 0 Å². The van der Waals surface area contributed by atoms with E-state index in [1.807, 2.05) is 18.2 Å². The van der Waals surface area contributed by atoms with Crippen LogP contribution in [-0.2, 0) is 0 Å². The molecule has 0 saturated heterocycles. The largest absolute Gasteiger partial charge is 0.377 e. The van der Waals surface area contributed by atoms with Gasteiger partial charge in [0.2, 0.25) is 0 Å². The lowest BCUT2D eigenvalue weighted by Gasteiger charge is -2.18. The molecule has 1 unspecified atom stereocenters. The molecule has 21 heavy (non-hydrogen) atoms. The first-order chi connectivity index (χ1) is 10.0. The Morgan fingerprint density at radius 3 is 2.19 bits per heavy atom. The minimum Gasteiger partial charge on any atom is -0.377 e. The fourth-order valence-electron chi connectivity index (χ4n) is 2.22. The quantitative estimate of drug-likeness (QED) is 0.782. The zero-order valence-corrected chi connectivity index (χ0v) is 14.1. The van der Waals surface area contributed by atoms with Crippen LogP contribution in [0.4, 0.5) is 5.69 Å². The minimum atomic E-state index is 0.146. The Balaban J connectivity index is 2.20. The summed E-state index contributed by atoms with van der Waals surface area (Å²) in [5.41, 5.74) is 4.06. The molecule has 1 N–H and O–H groups in total. The van der Waals surface area contributed by atoms with E-state index in [4.69, 9.17) is 0 Å². The summed E-state index contributed by atoms with van der Waals surface area (Å²) in [6.45, 7) is 6.49. The Kier molecular flexibility index (Phi) is 5.03. The predicted octanol–water partition coefficient (Wildman–Crippen LogP) is 5.62. The summed E-state index contributed by atoms with van der Waals surface area (Å²) in [6, 6.07) is 16.7. The van der Waals surface area contributed by atoms with E-state index in [-0.39, 0.29) is 6.04 Å². The van der Waals surface area contributed by atoms with Crippen LogP contribution >= 0.6 is 15.9 Å². The normalized spacial score (nSPS) is 12.0. The summed E-state index contributed by atoms with van der Waals surface area (Å²) >= 11 is 3.45. The van der Waals surface area contributed by atoms with Crippen molar-refractivity contribution in [2.24, 2.45) is 0 Å². The van der Waals surface area contributed by atoms with Gasteiger partial charge in [-0.05, 0) is 42.2 Å². The lowest BCUT2D eigenvalue weighted by molar-refractivity contribution is 0.852. The van der Waals surface area contributed by atoms with E-state index in [2.05, 4.69) is 72.4 Å². The SMILES string of the molecule is CC(C)c1ccc(C(C)Nc2cc(Br)ccc2C#N)cc1. The second kappa shape index (κ2) is 6.78. The Bertz CT molecular complexity index is 654. The first-order valence-corrected chi connectivity index (χ1v) is 7.86. The van der Waals surface area contributed by atoms with E-state index in [0.717, 1.165) is 10.2 Å². The maximum absolute atomic E-state index is 9.18. The van der Waals surface area contributed by atoms with Gasteiger partial charge in [-0.15, -0.1) is 0 Å². The fraction of sp³-hybridized carbons (Fsp3) is 0.278. The van der Waals surface area contributed by atoms with Crippen LogP contribution in [0.1, 0.15) is 49.4 Å². The molecule has 3 heteroatoms. The first-order valence-electron chi connectivity index (χ1n) is 7.07. The van der Waals surface area contributed by atoms with Crippen molar-refractivity contribution in [3.8, 4) is 6.07 Å². The average molecular weight is 343 g/mol. The molecule has 2 aromatic rings. The zero-order chi connectivity index (χ0) is 15.4. The highest BCUT2D eigenvalue weighted by Crippen LogP contribution is 2.26. The predicted molar refractivity (Wildman–Crippen MR) is 91.4 cm³/mol. The Hall–Kier alpha value is -1.79. The van der Waals surface area contributed by atoms with Crippen LogP contribution < -0.4 is 5.32 Å². The Morgan fingerprint density at radius 1 is 1.00 bits per heavy atom. The van der Waals surface area contributed by atoms with Gasteiger partial charge in [0, 0.05) is 10.5 Å². The molecular weight excluding hydrogens is 324 g/mol. The molecule has 0 bridgehead atoms. The number of halogens is 1. The highest BCUT2D eigenvalue weighted by molar-refractivity contribution is 9.10. The molecule has 2 aromatic carbocycles. The molecule has 0 fully saturated rings. The van der Waals surface area contributed by atoms with E-state index >= 15 is 0 Å². The van der Waals surface area contributed by atoms with E-state index in [1.165, 1.54) is 11.1 Å². The first kappa shape index (κ1) is 15.6. The van der Waals surface area contributed by atoms with Crippen molar-refractivity contribution in [3.63, 3.8) is 0 Å². The van der Waals surface area contributed by atoms with Gasteiger partial charge in [-0.2, -0.15) is 5.26 Å². The van der Waals surface area contributed by atoms with Crippen molar-refractivity contribution >= 4 is 21.6 Å². The fourth-order valence-corrected chi connectivity index (χ4v) is 2.58. The molecule has 0 spiro atoms. The highest BCUT2D eigenvalue weighted by atomic mass is 79.9. The molecule has 2 rings (SSSR count). The summed E-state index contributed by atoms with van der Waals surface area (Å²) < 4.78 is 0.964. The highest BCUT2D eigenvalue weighted by Gasteiger charge is 2.09. The second-order valence-corrected chi connectivity index (χ2v) is 6.40. The van der Waals surface area contributed by atoms with Gasteiger partial charge >= 0.3 is 0 Å². The number of nitrogens with zero attached hydrogens (tertiary/aromatic N) is 1. The van der Waals surface area contributed by atoms with E-state index in [0.29, 0.717) is 11.5 Å². The third-order valence-electron chi connectivity index (χ3n) is 3.58. The number of nitriles is 1. The maximum atomic E-state index is 9.18. The Labute approximate surface area is 134 Å². The van der Waals surface area contributed by atoms with Crippen LogP contribution in [0.25, 0.3) is 0 Å². The number of hydrogen-bond acceptors (Lipinski definition) is 2. The maximum Gasteiger partial charge on any atom is 0.101 e. The summed E-state index contributed by atoms with van der Waals surface area (Å²) in [5, 5.41) is 12.6. The number of anilines is 1. The average Bonchev–Trinajstić information content (AvgIpc) is 2.47. The molecule has 0 saturated carbocycles. The summed E-state index contributed by atoms with van der Waals surface area (Å²) in [7, 11) is 0. The van der Waals surface area contributed by atoms with Crippen molar-refractivity contribution in [1.29, 1.82) is 5.26 Å². The van der Waals surface area contributed by atoms with Crippen LogP contribution in [0.3, 0.4) is 0 Å². The van der Waals surface area contributed by atoms with Crippen LogP contribution in [0.5, 0.6) is 0 Å². The van der Waals surface area contributed by atoms with E-state index in [9.17, 15) is 5.26 Å². The number of hydrogen-bond donors (Lipinski definition) is 1. The standard InChI is InChI=1S/C18H19BrN2/c1-12(2)14-4-6-15(7-5-14)13(3)21-18-10-17(19)9-8-16(18)11-20/h4-10,12-13,21H,1-3H3. The molecule has 0 radical (unpaired) electrons. The van der Waals surface area contributed by atoms with Gasteiger partial charge in [0.15, 0.2) is 0 Å². The van der Waals surface area contributed by atoms with Crippen molar-refractivity contribution < 1.29 is 0 Å². The Morgan fingerprint density at radius 2 is 1.62 bits per heavy atom. The van der Waals surface area contributed by atoms with Crippen LogP contribution in [0.15, 0.2) is 46.9 Å². The molecule has 2 nitrogen and oxygen atoms in total. The van der Waals surface area contributed by atoms with Gasteiger partial charge in [-0.1, -0.05) is 54.0 Å². The molecule has 108 valence electrons. The van der Waals surface area contributed by atoms with Gasteiger partial charge in [-0.25, -0.2) is 0 Å². The molecular formula is C18H19BrN2. The van der Waals surface area contributed by atoms with Crippen LogP contribution in [0.2, 0.25) is 0 Å². The molecule has 1 atom stereocenters. The van der Waals surface area contributed by atoms with Crippen LogP contribution in [0, 0.1) is 11.3 Å². The molecule has 0 aliphatic rings. The molecule has 0 amide bonds. The van der Waals surface area contributed by atoms with Gasteiger partial charge in [-0.3, -0.25) is 0 Å². The van der Waals surface area contributed by atoms with Gasteiger partial charge in [0.1, 0.15) is 6.07 Å². The summed E-state index contributed by atoms with van der Waals surface area (Å²) in [6.07, 6.45) is 0. The van der Waals surface area contributed by atoms with Gasteiger partial charge < -0.3 is 5.32 Å². The third kappa shape index (κ3) is 3.86. The third-order valence-corrected chi connectivity index (χ3v) is 4.07. The number of benzene rings is 2. The van der Waals surface area contributed by atoms with Gasteiger partial charge in [0.05, 0.1) is 11.3 Å². The molecule has 0 aliphatic carbocycles. The summed E-state index contributed by atoms with van der Waals surface area (Å²) in [5.74, 6) is 0.539. The topological polar surface area (TPSA) is 35.8 Å². The molecule has 0 aliphatic heterocycles. The smallest absolute Gasteiger partial charge is 0.101 e. The number of rotatable bonds is 4. The van der Waals surface area contributed by atoms with Crippen molar-refractivity contribution in [2.45, 2.75) is 32.7 Å². The summed E-state index contributed by atoms with van der Waals surface area (Å²) in [4.78, 5) is 0. The van der Waals surface area contributed by atoms with E-state index < -0.39 is 0 Å². The van der Waals surface area contributed by atoms with Crippen molar-refractivity contribution in [3.05, 3.63) is 63.6 Å². The minimum absolute atomic E-state index is 0.146. The van der Waals surface area contributed by atoms with Crippen molar-refractivity contribution in [1.82, 2.24) is 0 Å². The monoisotopic (exact) mass is 342 g/mol. The van der Waals surface area contributed by atoms with E-state index in [1.54, 1.807) is 0 Å². The van der Waals surface area contributed by atoms with Gasteiger partial charge in [0.25, 0.3) is 0 Å². The number of nitrogens with one attached hydrogen (secondary N) is 1. The molecule has 0 heterocycles. The second-order valence-electron chi connectivity index (χ2n) is 5.49.